The predicted molar refractivity (Wildman–Crippen MR) is 212 cm³/mol. The van der Waals surface area contributed by atoms with E-state index in [0.717, 1.165) is 53.8 Å². The number of benzene rings is 3. The molecule has 2 aromatic heterocycles. The van der Waals surface area contributed by atoms with Gasteiger partial charge in [-0.3, -0.25) is 19.4 Å². The van der Waals surface area contributed by atoms with E-state index >= 15 is 0 Å². The van der Waals surface area contributed by atoms with Crippen LogP contribution in [0.15, 0.2) is 70.3 Å². The third-order valence-corrected chi connectivity index (χ3v) is 14.5. The molecule has 1 N–H and O–H groups in total. The summed E-state index contributed by atoms with van der Waals surface area (Å²) in [7, 11) is 0. The molecule has 2 heterocycles. The van der Waals surface area contributed by atoms with Gasteiger partial charge in [-0.2, -0.15) is 0 Å². The number of rotatable bonds is 4. The number of aromatic amines is 1. The molecular weight excluding hydrogens is 732 g/mol. The van der Waals surface area contributed by atoms with Gasteiger partial charge >= 0.3 is 0 Å². The summed E-state index contributed by atoms with van der Waals surface area (Å²) >= 11 is 12.5. The van der Waals surface area contributed by atoms with E-state index in [1.165, 1.54) is 41.1 Å². The Morgan fingerprint density at radius 3 is 1.74 bits per heavy atom. The predicted octanol–water partition coefficient (Wildman–Crippen LogP) is 11.2. The molecule has 11 heteroatoms. The molecule has 2 fully saturated rings. The second-order valence-electron chi connectivity index (χ2n) is 16.6. The Bertz CT molecular complexity index is 2410. The molecule has 288 valence electrons. The van der Waals surface area contributed by atoms with E-state index in [1.807, 2.05) is 4.68 Å². The van der Waals surface area contributed by atoms with Crippen LogP contribution < -0.4 is 11.1 Å². The van der Waals surface area contributed by atoms with E-state index in [2.05, 4.69) is 46.6 Å². The topological polar surface area (TPSA) is 64.7 Å². The highest BCUT2D eigenvalue weighted by molar-refractivity contribution is 6.32. The lowest BCUT2D eigenvalue weighted by Gasteiger charge is -2.36. The zero-order chi connectivity index (χ0) is 37.3. The van der Waals surface area contributed by atoms with E-state index in [4.69, 9.17) is 23.2 Å². The highest BCUT2D eigenvalue weighted by atomic mass is 35.5. The number of H-pyrrole nitrogens is 1. The zero-order valence-electron chi connectivity index (χ0n) is 30.0. The molecule has 54 heavy (non-hydrogen) atoms. The zero-order valence-corrected chi connectivity index (χ0v) is 31.5. The summed E-state index contributed by atoms with van der Waals surface area (Å²) in [4.78, 5) is 26.6. The monoisotopic (exact) mass is 780 g/mol. The van der Waals surface area contributed by atoms with E-state index < -0.39 is 11.6 Å². The fourth-order valence-corrected chi connectivity index (χ4v) is 10.7. The lowest BCUT2D eigenvalue weighted by atomic mass is 9.70. The summed E-state index contributed by atoms with van der Waals surface area (Å²) in [6.45, 7) is 13.8. The average molecular weight is 782 g/mol. The van der Waals surface area contributed by atoms with Crippen LogP contribution in [0.3, 0.4) is 0 Å². The summed E-state index contributed by atoms with van der Waals surface area (Å²) in [5, 5.41) is 3.68. The van der Waals surface area contributed by atoms with Crippen molar-refractivity contribution in [3.63, 3.8) is 0 Å². The summed E-state index contributed by atoms with van der Waals surface area (Å²) in [6, 6.07) is 14.5. The maximum Gasteiger partial charge on any atom is 0.275 e. The van der Waals surface area contributed by atoms with Crippen molar-refractivity contribution < 1.29 is 13.2 Å². The van der Waals surface area contributed by atoms with Crippen LogP contribution in [0.25, 0.3) is 11.4 Å². The van der Waals surface area contributed by atoms with Crippen molar-refractivity contribution >= 4 is 23.2 Å². The first-order valence-electron chi connectivity index (χ1n) is 17.8. The van der Waals surface area contributed by atoms with Crippen LogP contribution >= 0.6 is 23.2 Å². The van der Waals surface area contributed by atoms with Crippen LogP contribution in [0.1, 0.15) is 122 Å². The second-order valence-corrected chi connectivity index (χ2v) is 17.4. The Hall–Kier alpha value is -3.95. The number of fused-ring (bicyclic) bond motifs is 10. The molecular formula is C43H49Cl2F3N4O2. The molecule has 4 atom stereocenters. The molecule has 2 saturated carbocycles. The molecule has 6 nitrogen and oxygen atoms in total. The molecule has 5 aromatic rings. The Balaban J connectivity index is 0.000000185. The third kappa shape index (κ3) is 5.27. The largest absolute Gasteiger partial charge is 0.294 e. The Labute approximate surface area is 324 Å². The molecule has 0 saturated heterocycles. The Morgan fingerprint density at radius 2 is 1.19 bits per heavy atom. The van der Waals surface area contributed by atoms with Crippen molar-refractivity contribution in [1.29, 1.82) is 0 Å². The fraction of sp³-hybridized carbons (Fsp3) is 0.442. The van der Waals surface area contributed by atoms with Gasteiger partial charge in [-0.25, -0.2) is 22.5 Å². The van der Waals surface area contributed by atoms with E-state index in [0.29, 0.717) is 17.9 Å². The highest BCUT2D eigenvalue weighted by Gasteiger charge is 2.63. The molecule has 0 radical (unpaired) electrons. The van der Waals surface area contributed by atoms with Gasteiger partial charge in [-0.15, -0.1) is 0 Å². The number of hydrogen-bond acceptors (Lipinski definition) is 2. The van der Waals surface area contributed by atoms with Crippen LogP contribution in [0, 0.1) is 28.3 Å². The summed E-state index contributed by atoms with van der Waals surface area (Å²) < 4.78 is 45.4. The summed E-state index contributed by atoms with van der Waals surface area (Å²) in [5.41, 5.74) is 5.34. The van der Waals surface area contributed by atoms with Gasteiger partial charge in [0.2, 0.25) is 0 Å². The van der Waals surface area contributed by atoms with Crippen molar-refractivity contribution in [2.24, 2.45) is 10.8 Å². The molecule has 0 aliphatic heterocycles. The van der Waals surface area contributed by atoms with Crippen LogP contribution in [0.2, 0.25) is 10.0 Å². The van der Waals surface area contributed by atoms with Crippen molar-refractivity contribution in [2.75, 3.05) is 0 Å². The number of aromatic nitrogens is 4. The maximum atomic E-state index is 13.7. The lowest BCUT2D eigenvalue weighted by Crippen LogP contribution is -2.36. The van der Waals surface area contributed by atoms with E-state index in [9.17, 15) is 22.8 Å². The molecule has 4 aliphatic carbocycles. The number of halogens is 5. The van der Waals surface area contributed by atoms with Crippen LogP contribution in [-0.2, 0) is 17.4 Å². The van der Waals surface area contributed by atoms with Gasteiger partial charge < -0.3 is 0 Å². The minimum Gasteiger partial charge on any atom is -0.294 e. The quantitative estimate of drug-likeness (QED) is 0.197. The first-order valence-corrected chi connectivity index (χ1v) is 18.5. The van der Waals surface area contributed by atoms with Crippen molar-refractivity contribution in [3.05, 3.63) is 137 Å². The lowest BCUT2D eigenvalue weighted by molar-refractivity contribution is 0.216. The highest BCUT2D eigenvalue weighted by Crippen LogP contribution is 2.68. The first kappa shape index (κ1) is 39.7. The summed E-state index contributed by atoms with van der Waals surface area (Å²) in [5.74, 6) is -0.715. The molecule has 4 bridgehead atoms. The van der Waals surface area contributed by atoms with Gasteiger partial charge in [0.05, 0.1) is 33.7 Å². The number of nitrogens with one attached hydrogen (secondary N) is 1. The molecule has 0 unspecified atom stereocenters. The van der Waals surface area contributed by atoms with E-state index in [-0.39, 0.29) is 75.3 Å². The molecule has 4 aliphatic rings. The second kappa shape index (κ2) is 13.1. The first-order chi connectivity index (χ1) is 24.4. The Kier molecular flexibility index (Phi) is 9.62. The van der Waals surface area contributed by atoms with Crippen molar-refractivity contribution in [3.8, 4) is 11.4 Å². The minimum absolute atomic E-state index is 0. The number of hydrogen-bond donors (Lipinski definition) is 1. The van der Waals surface area contributed by atoms with Crippen molar-refractivity contribution in [1.82, 2.24) is 19.1 Å². The number of nitrogens with zero attached hydrogens (tertiary/aromatic N) is 3. The van der Waals surface area contributed by atoms with Crippen LogP contribution in [0.5, 0.6) is 0 Å². The Morgan fingerprint density at radius 1 is 0.685 bits per heavy atom. The SMILES string of the molecule is C.C.CC1(C)[C@H]2CC[C@]1(C)c1[nH]n(-c3ccc(F)cc3Cl)c(=O)c12.CC1(C)[C@H]2CC[C@]1(C)c1c2c(=O)n(-c2ccc(F)cc2Cl)n1Cc1ccc(F)cc1. The van der Waals surface area contributed by atoms with Gasteiger partial charge in [0.25, 0.3) is 11.1 Å². The normalized spacial score (nSPS) is 24.6. The molecule has 0 spiro atoms. The molecule has 3 aromatic carbocycles. The standard InChI is InChI=1S/C24H23ClF2N2O.C17H18ClFN2O.2CH4/c1-23(2)17-10-11-24(23,3)21-20(17)22(30)29(19-9-8-16(27)12-18(19)25)28(21)13-14-4-6-15(26)7-5-14;1-16(2)10-6-7-17(16,3)14-13(10)15(22)21(20-14)12-5-4-9(19)8-11(12)18;;/h4-9,12,17H,10-11,13H2,1-3H3;4-5,8,10,20H,6-7H2,1-3H3;2*1H4/t17-,24+;10-,17+;;/m00../s1. The maximum absolute atomic E-state index is 13.7. The van der Waals surface area contributed by atoms with Gasteiger partial charge in [-0.05, 0) is 102 Å². The third-order valence-electron chi connectivity index (χ3n) is 13.9. The van der Waals surface area contributed by atoms with Gasteiger partial charge in [0.1, 0.15) is 17.5 Å². The smallest absolute Gasteiger partial charge is 0.275 e. The molecule has 0 amide bonds. The van der Waals surface area contributed by atoms with Crippen molar-refractivity contribution in [2.45, 2.75) is 111 Å². The fourth-order valence-electron chi connectivity index (χ4n) is 10.2. The minimum atomic E-state index is -0.450. The van der Waals surface area contributed by atoms with E-state index in [1.54, 1.807) is 28.9 Å². The average Bonchev–Trinajstić information content (AvgIpc) is 3.79. The van der Waals surface area contributed by atoms with Gasteiger partial charge in [0, 0.05) is 27.7 Å². The van der Waals surface area contributed by atoms with Crippen LogP contribution in [0.4, 0.5) is 13.2 Å². The van der Waals surface area contributed by atoms with Gasteiger partial charge in [-0.1, -0.05) is 91.7 Å². The van der Waals surface area contributed by atoms with Crippen LogP contribution in [-0.4, -0.2) is 19.1 Å². The summed E-state index contributed by atoms with van der Waals surface area (Å²) in [6.07, 6.45) is 4.10. The molecule has 9 rings (SSSR count). The van der Waals surface area contributed by atoms with Gasteiger partial charge in [0.15, 0.2) is 0 Å².